The van der Waals surface area contributed by atoms with E-state index in [0.29, 0.717) is 0 Å². The van der Waals surface area contributed by atoms with Crippen LogP contribution in [0, 0.1) is 27.7 Å². The van der Waals surface area contributed by atoms with Crippen LogP contribution in [0.25, 0.3) is 22.3 Å². The Hall–Kier alpha value is -6.26. The molecule has 0 bridgehead atoms. The molecule has 0 saturated heterocycles. The second-order valence-corrected chi connectivity index (χ2v) is 13.1. The van der Waals surface area contributed by atoms with Gasteiger partial charge in [0.25, 0.3) is 12.6 Å². The van der Waals surface area contributed by atoms with Crippen molar-refractivity contribution >= 4 is 0 Å². The number of benzene rings is 7. The molecular weight excluding hydrogens is 641 g/mol. The lowest BCUT2D eigenvalue weighted by atomic mass is 10.0. The molecule has 0 radical (unpaired) electrons. The van der Waals surface area contributed by atoms with Crippen molar-refractivity contribution in [2.75, 3.05) is 0 Å². The van der Waals surface area contributed by atoms with Gasteiger partial charge < -0.3 is 18.9 Å². The second kappa shape index (κ2) is 15.7. The summed E-state index contributed by atoms with van der Waals surface area (Å²) in [7, 11) is 0. The van der Waals surface area contributed by atoms with Crippen LogP contribution < -0.4 is 18.9 Å². The van der Waals surface area contributed by atoms with Crippen LogP contribution in [0.2, 0.25) is 0 Å². The van der Waals surface area contributed by atoms with Gasteiger partial charge in [-0.15, -0.1) is 0 Å². The van der Waals surface area contributed by atoms with Gasteiger partial charge in [-0.2, -0.15) is 0 Å². The Morgan fingerprint density at radius 2 is 0.481 bits per heavy atom. The van der Waals surface area contributed by atoms with Crippen LogP contribution in [0.5, 0.6) is 23.0 Å². The summed E-state index contributed by atoms with van der Waals surface area (Å²) in [5.74, 6) is 3.38. The van der Waals surface area contributed by atoms with Crippen molar-refractivity contribution in [2.24, 2.45) is 0 Å². The number of aryl methyl sites for hydroxylation is 4. The zero-order valence-corrected chi connectivity index (χ0v) is 30.0. The van der Waals surface area contributed by atoms with Gasteiger partial charge in [0, 0.05) is 33.4 Å². The van der Waals surface area contributed by atoms with Crippen LogP contribution >= 0.6 is 0 Å². The first-order chi connectivity index (χ1) is 25.4. The monoisotopic (exact) mass is 682 g/mol. The lowest BCUT2D eigenvalue weighted by molar-refractivity contribution is 0.00739. The average molecular weight is 683 g/mol. The third kappa shape index (κ3) is 8.03. The quantitative estimate of drug-likeness (QED) is 0.182. The van der Waals surface area contributed by atoms with E-state index in [-0.39, 0.29) is 0 Å². The molecule has 0 amide bonds. The smallest absolute Gasteiger partial charge is 0.267 e. The highest BCUT2D eigenvalue weighted by molar-refractivity contribution is 5.77. The minimum atomic E-state index is -0.439. The molecule has 9 rings (SSSR count). The summed E-state index contributed by atoms with van der Waals surface area (Å²) in [4.78, 5) is 0. The summed E-state index contributed by atoms with van der Waals surface area (Å²) in [5, 5.41) is 0. The van der Waals surface area contributed by atoms with Crippen LogP contribution in [0.1, 0.15) is 46.0 Å². The largest absolute Gasteiger partial charge is 0.450 e. The summed E-state index contributed by atoms with van der Waals surface area (Å²) in [5.41, 5.74) is 11.4. The van der Waals surface area contributed by atoms with Gasteiger partial charge in [0.1, 0.15) is 23.0 Å². The number of fused-ring (bicyclic) bond motifs is 6. The standard InChI is InChI=1S/2C20H16O2.C8H10/c2*1-14-10-12-15(13-11-14)20-21-18-8-4-2-6-16(18)17-7-3-5-9-19(17)22-20;1-7-3-5-8(2)6-4-7/h2*2-13,20H,1H3;3-6H,1-2H3. The summed E-state index contributed by atoms with van der Waals surface area (Å²) < 4.78 is 24.6. The Morgan fingerprint density at radius 1 is 0.269 bits per heavy atom. The highest BCUT2D eigenvalue weighted by atomic mass is 16.7. The van der Waals surface area contributed by atoms with Gasteiger partial charge in [0.15, 0.2) is 0 Å². The first kappa shape index (κ1) is 34.2. The normalized spacial score (nSPS) is 12.7. The minimum absolute atomic E-state index is 0.439. The van der Waals surface area contributed by atoms with E-state index in [0.717, 1.165) is 56.4 Å². The molecule has 0 unspecified atom stereocenters. The van der Waals surface area contributed by atoms with E-state index in [1.54, 1.807) is 0 Å². The van der Waals surface area contributed by atoms with Crippen molar-refractivity contribution in [1.29, 1.82) is 0 Å². The third-order valence-electron chi connectivity index (χ3n) is 8.98. The Labute approximate surface area is 306 Å². The molecule has 0 spiro atoms. The van der Waals surface area contributed by atoms with Crippen molar-refractivity contribution in [2.45, 2.75) is 40.3 Å². The molecule has 2 aliphatic rings. The molecule has 0 fully saturated rings. The average Bonchev–Trinajstić information content (AvgIpc) is 3.46. The number of ether oxygens (including phenoxy) is 4. The van der Waals surface area contributed by atoms with Crippen LogP contribution in [0.15, 0.2) is 170 Å². The third-order valence-corrected chi connectivity index (χ3v) is 8.98. The van der Waals surface area contributed by atoms with E-state index >= 15 is 0 Å². The molecule has 4 nitrogen and oxygen atoms in total. The van der Waals surface area contributed by atoms with Crippen LogP contribution in [0.4, 0.5) is 0 Å². The molecule has 7 aromatic carbocycles. The zero-order valence-electron chi connectivity index (χ0n) is 30.0. The molecule has 2 aliphatic heterocycles. The fraction of sp³-hybridized carbons (Fsp3) is 0.125. The van der Waals surface area contributed by atoms with Gasteiger partial charge in [-0.3, -0.25) is 0 Å². The SMILES string of the molecule is Cc1ccc(C)cc1.Cc1ccc(C2Oc3ccccc3-c3ccccc3O2)cc1.Cc1ccc(C2Oc3ccccc3-c3ccccc3O2)cc1. The van der Waals surface area contributed by atoms with Crippen molar-refractivity contribution in [3.05, 3.63) is 203 Å². The molecule has 0 aromatic heterocycles. The summed E-state index contributed by atoms with van der Waals surface area (Å²) in [6, 6.07) is 57.2. The lowest BCUT2D eigenvalue weighted by Crippen LogP contribution is -2.13. The molecule has 0 atom stereocenters. The molecule has 7 aromatic rings. The molecule has 0 aliphatic carbocycles. The first-order valence-electron chi connectivity index (χ1n) is 17.6. The molecule has 0 saturated carbocycles. The highest BCUT2D eigenvalue weighted by Gasteiger charge is 2.25. The van der Waals surface area contributed by atoms with E-state index in [1.807, 2.05) is 72.8 Å². The van der Waals surface area contributed by atoms with Crippen molar-refractivity contribution in [3.63, 3.8) is 0 Å². The Kier molecular flexibility index (Phi) is 10.4. The highest BCUT2D eigenvalue weighted by Crippen LogP contribution is 2.44. The van der Waals surface area contributed by atoms with Gasteiger partial charge in [0.05, 0.1) is 0 Å². The maximum atomic E-state index is 6.14. The number of hydrogen-bond donors (Lipinski definition) is 0. The van der Waals surface area contributed by atoms with E-state index in [4.69, 9.17) is 18.9 Å². The van der Waals surface area contributed by atoms with E-state index in [1.165, 1.54) is 22.3 Å². The van der Waals surface area contributed by atoms with Gasteiger partial charge in [-0.1, -0.05) is 168 Å². The van der Waals surface area contributed by atoms with Crippen LogP contribution in [-0.2, 0) is 0 Å². The molecule has 2 heterocycles. The molecule has 258 valence electrons. The van der Waals surface area contributed by atoms with Gasteiger partial charge >= 0.3 is 0 Å². The fourth-order valence-corrected chi connectivity index (χ4v) is 6.03. The molecular formula is C48H42O4. The van der Waals surface area contributed by atoms with Crippen LogP contribution in [0.3, 0.4) is 0 Å². The first-order valence-corrected chi connectivity index (χ1v) is 17.6. The maximum Gasteiger partial charge on any atom is 0.267 e. The predicted molar refractivity (Wildman–Crippen MR) is 210 cm³/mol. The minimum Gasteiger partial charge on any atom is -0.450 e. The van der Waals surface area contributed by atoms with E-state index < -0.39 is 12.6 Å². The predicted octanol–water partition coefficient (Wildman–Crippen LogP) is 12.6. The molecule has 0 N–H and O–H groups in total. The number of para-hydroxylation sites is 4. The second-order valence-electron chi connectivity index (χ2n) is 13.1. The summed E-state index contributed by atoms with van der Waals surface area (Å²) in [6.07, 6.45) is -0.879. The summed E-state index contributed by atoms with van der Waals surface area (Å²) in [6.45, 7) is 8.34. The van der Waals surface area contributed by atoms with E-state index in [2.05, 4.69) is 125 Å². The Balaban J connectivity index is 0.000000134. The molecule has 4 heteroatoms. The van der Waals surface area contributed by atoms with Gasteiger partial charge in [-0.25, -0.2) is 0 Å². The Morgan fingerprint density at radius 3 is 0.731 bits per heavy atom. The molecule has 52 heavy (non-hydrogen) atoms. The van der Waals surface area contributed by atoms with Crippen LogP contribution in [-0.4, -0.2) is 0 Å². The topological polar surface area (TPSA) is 36.9 Å². The van der Waals surface area contributed by atoms with E-state index in [9.17, 15) is 0 Å². The maximum absolute atomic E-state index is 6.14. The van der Waals surface area contributed by atoms with Gasteiger partial charge in [0.2, 0.25) is 0 Å². The fourth-order valence-electron chi connectivity index (χ4n) is 6.03. The zero-order chi connectivity index (χ0) is 35.9. The number of hydrogen-bond acceptors (Lipinski definition) is 4. The van der Waals surface area contributed by atoms with Crippen molar-refractivity contribution in [3.8, 4) is 45.3 Å². The van der Waals surface area contributed by atoms with Gasteiger partial charge in [-0.05, 0) is 52.0 Å². The number of rotatable bonds is 2. The Bertz CT molecular complexity index is 1980. The van der Waals surface area contributed by atoms with Crippen molar-refractivity contribution in [1.82, 2.24) is 0 Å². The summed E-state index contributed by atoms with van der Waals surface area (Å²) >= 11 is 0. The lowest BCUT2D eigenvalue weighted by Gasteiger charge is -2.19. The van der Waals surface area contributed by atoms with Crippen molar-refractivity contribution < 1.29 is 18.9 Å².